The van der Waals surface area contributed by atoms with Gasteiger partial charge in [-0.05, 0) is 60.7 Å². The number of esters is 1. The fourth-order valence-electron chi connectivity index (χ4n) is 3.57. The molecule has 11 heteroatoms. The lowest BCUT2D eigenvalue weighted by atomic mass is 10.1. The first-order chi connectivity index (χ1) is 19.4. The Morgan fingerprint density at radius 2 is 1.48 bits per heavy atom. The third kappa shape index (κ3) is 6.45. The summed E-state index contributed by atoms with van der Waals surface area (Å²) in [5.41, 5.74) is 3.95. The van der Waals surface area contributed by atoms with Gasteiger partial charge in [-0.25, -0.2) is 10.2 Å². The maximum atomic E-state index is 12.8. The van der Waals surface area contributed by atoms with Gasteiger partial charge < -0.3 is 28.7 Å². The molecule has 1 aromatic heterocycles. The van der Waals surface area contributed by atoms with Crippen LogP contribution in [-0.2, 0) is 0 Å². The number of benzene rings is 3. The van der Waals surface area contributed by atoms with Crippen LogP contribution < -0.4 is 29.7 Å². The first kappa shape index (κ1) is 27.5. The van der Waals surface area contributed by atoms with Crippen LogP contribution in [0, 0.1) is 0 Å². The average molecular weight is 544 g/mol. The van der Waals surface area contributed by atoms with E-state index in [0.717, 1.165) is 0 Å². The molecule has 0 saturated carbocycles. The molecule has 0 aliphatic heterocycles. The molecule has 11 nitrogen and oxygen atoms in total. The molecule has 0 fully saturated rings. The number of carbonyl (C=O) groups excluding carboxylic acids is 3. The molecular formula is C29H25N3O8. The van der Waals surface area contributed by atoms with Gasteiger partial charge in [-0.2, -0.15) is 5.10 Å². The van der Waals surface area contributed by atoms with E-state index in [1.54, 1.807) is 42.5 Å². The van der Waals surface area contributed by atoms with Crippen LogP contribution in [0.25, 0.3) is 0 Å². The highest BCUT2D eigenvalue weighted by atomic mass is 16.5. The van der Waals surface area contributed by atoms with E-state index >= 15 is 0 Å². The van der Waals surface area contributed by atoms with Gasteiger partial charge in [0.15, 0.2) is 11.5 Å². The van der Waals surface area contributed by atoms with Gasteiger partial charge >= 0.3 is 5.97 Å². The smallest absolute Gasteiger partial charge is 0.379 e. The Hall–Kier alpha value is -5.58. The molecule has 0 spiro atoms. The number of methoxy groups -OCH3 is 3. The van der Waals surface area contributed by atoms with Crippen LogP contribution in [0.1, 0.15) is 36.8 Å². The molecule has 204 valence electrons. The molecule has 0 saturated heterocycles. The normalized spacial score (nSPS) is 10.6. The van der Waals surface area contributed by atoms with E-state index < -0.39 is 17.8 Å². The first-order valence-electron chi connectivity index (χ1n) is 11.8. The van der Waals surface area contributed by atoms with Crippen LogP contribution in [0.15, 0.2) is 88.6 Å². The molecular weight excluding hydrogens is 518 g/mol. The number of carbonyl (C=O) groups is 3. The van der Waals surface area contributed by atoms with E-state index in [2.05, 4.69) is 15.8 Å². The van der Waals surface area contributed by atoms with Crippen LogP contribution >= 0.6 is 0 Å². The number of hydrazone groups is 1. The molecule has 0 aliphatic rings. The fraction of sp³-hybridized carbons (Fsp3) is 0.103. The summed E-state index contributed by atoms with van der Waals surface area (Å²) >= 11 is 0. The second-order valence-corrected chi connectivity index (χ2v) is 8.05. The zero-order chi connectivity index (χ0) is 28.5. The quantitative estimate of drug-likeness (QED) is 0.129. The first-order valence-corrected chi connectivity index (χ1v) is 11.8. The van der Waals surface area contributed by atoms with Crippen molar-refractivity contribution in [1.82, 2.24) is 5.43 Å². The van der Waals surface area contributed by atoms with Gasteiger partial charge in [-0.1, -0.05) is 12.1 Å². The maximum Gasteiger partial charge on any atom is 0.379 e. The second-order valence-electron chi connectivity index (χ2n) is 8.05. The highest BCUT2D eigenvalue weighted by Gasteiger charge is 2.17. The highest BCUT2D eigenvalue weighted by molar-refractivity contribution is 6.05. The summed E-state index contributed by atoms with van der Waals surface area (Å²) in [5.74, 6) is -0.186. The predicted molar refractivity (Wildman–Crippen MR) is 146 cm³/mol. The van der Waals surface area contributed by atoms with Crippen molar-refractivity contribution < 1.29 is 37.7 Å². The monoisotopic (exact) mass is 543 g/mol. The molecule has 40 heavy (non-hydrogen) atoms. The van der Waals surface area contributed by atoms with Gasteiger partial charge in [0.2, 0.25) is 11.5 Å². The van der Waals surface area contributed by atoms with E-state index in [9.17, 15) is 14.4 Å². The van der Waals surface area contributed by atoms with Crippen LogP contribution in [0.3, 0.4) is 0 Å². The van der Waals surface area contributed by atoms with Crippen molar-refractivity contribution in [3.63, 3.8) is 0 Å². The molecule has 2 N–H and O–H groups in total. The Balaban J connectivity index is 1.38. The molecule has 1 heterocycles. The molecule has 0 bridgehead atoms. The van der Waals surface area contributed by atoms with E-state index in [-0.39, 0.29) is 11.5 Å². The summed E-state index contributed by atoms with van der Waals surface area (Å²) < 4.78 is 26.3. The lowest BCUT2D eigenvalue weighted by Crippen LogP contribution is -2.18. The average Bonchev–Trinajstić information content (AvgIpc) is 3.53. The lowest BCUT2D eigenvalue weighted by Gasteiger charge is -2.14. The van der Waals surface area contributed by atoms with E-state index in [1.807, 2.05) is 0 Å². The predicted octanol–water partition coefficient (Wildman–Crippen LogP) is 4.54. The Kier molecular flexibility index (Phi) is 8.77. The number of nitrogens with one attached hydrogen (secondary N) is 2. The number of hydrogen-bond acceptors (Lipinski definition) is 9. The maximum absolute atomic E-state index is 12.8. The SMILES string of the molecule is COc1cc(C(=O)Nc2ccc(C(=O)N/N=C\c3ccccc3OC(=O)c3ccco3)cc2)cc(OC)c1OC. The third-order valence-corrected chi connectivity index (χ3v) is 5.55. The summed E-state index contributed by atoms with van der Waals surface area (Å²) in [6.45, 7) is 0. The third-order valence-electron chi connectivity index (χ3n) is 5.55. The van der Waals surface area contributed by atoms with Crippen molar-refractivity contribution in [1.29, 1.82) is 0 Å². The number of nitrogens with zero attached hydrogens (tertiary/aromatic N) is 1. The summed E-state index contributed by atoms with van der Waals surface area (Å²) in [6, 6.07) is 19.1. The van der Waals surface area contributed by atoms with Gasteiger partial charge in [0, 0.05) is 22.4 Å². The number of para-hydroxylation sites is 1. The van der Waals surface area contributed by atoms with Gasteiger partial charge in [0.25, 0.3) is 11.8 Å². The van der Waals surface area contributed by atoms with Crippen molar-refractivity contribution in [2.45, 2.75) is 0 Å². The minimum atomic E-state index is -0.660. The van der Waals surface area contributed by atoms with Crippen LogP contribution in [-0.4, -0.2) is 45.3 Å². The van der Waals surface area contributed by atoms with Gasteiger partial charge in [0.1, 0.15) is 5.75 Å². The molecule has 4 rings (SSSR count). The highest BCUT2D eigenvalue weighted by Crippen LogP contribution is 2.38. The summed E-state index contributed by atoms with van der Waals surface area (Å²) in [4.78, 5) is 37.5. The van der Waals surface area contributed by atoms with E-state index in [1.165, 1.54) is 64.1 Å². The molecule has 3 aromatic carbocycles. The second kappa shape index (κ2) is 12.8. The van der Waals surface area contributed by atoms with Gasteiger partial charge in [-0.3, -0.25) is 9.59 Å². The van der Waals surface area contributed by atoms with Crippen LogP contribution in [0.4, 0.5) is 5.69 Å². The van der Waals surface area contributed by atoms with Crippen molar-refractivity contribution in [3.05, 3.63) is 102 Å². The van der Waals surface area contributed by atoms with Crippen molar-refractivity contribution in [2.75, 3.05) is 26.6 Å². The lowest BCUT2D eigenvalue weighted by molar-refractivity contribution is 0.0700. The van der Waals surface area contributed by atoms with E-state index in [0.29, 0.717) is 39.6 Å². The van der Waals surface area contributed by atoms with Gasteiger partial charge in [0.05, 0.1) is 33.8 Å². The largest absolute Gasteiger partial charge is 0.493 e. The number of anilines is 1. The summed E-state index contributed by atoms with van der Waals surface area (Å²) in [5, 5.41) is 6.72. The van der Waals surface area contributed by atoms with Crippen LogP contribution in [0.5, 0.6) is 23.0 Å². The van der Waals surface area contributed by atoms with Crippen molar-refractivity contribution >= 4 is 29.7 Å². The topological polar surface area (TPSA) is 138 Å². The number of rotatable bonds is 10. The molecule has 0 atom stereocenters. The fourth-order valence-corrected chi connectivity index (χ4v) is 3.57. The molecule has 4 aromatic rings. The van der Waals surface area contributed by atoms with Gasteiger partial charge in [-0.15, -0.1) is 0 Å². The number of amides is 2. The Labute approximate surface area is 229 Å². The summed E-state index contributed by atoms with van der Waals surface area (Å²) in [7, 11) is 4.40. The Bertz CT molecular complexity index is 1500. The standard InChI is InChI=1S/C29H25N3O8/c1-36-24-15-20(16-25(37-2)26(24)38-3)27(33)31-21-12-10-18(11-13-21)28(34)32-30-17-19-7-4-5-8-22(19)40-29(35)23-9-6-14-39-23/h4-17H,1-3H3,(H,31,33)(H,32,34)/b30-17-. The van der Waals surface area contributed by atoms with Crippen LogP contribution in [0.2, 0.25) is 0 Å². The minimum Gasteiger partial charge on any atom is -0.493 e. The number of hydrogen-bond donors (Lipinski definition) is 2. The van der Waals surface area contributed by atoms with Crippen molar-refractivity contribution in [2.24, 2.45) is 5.10 Å². The van der Waals surface area contributed by atoms with Crippen molar-refractivity contribution in [3.8, 4) is 23.0 Å². The zero-order valence-corrected chi connectivity index (χ0v) is 21.8. The Morgan fingerprint density at radius 1 is 0.775 bits per heavy atom. The summed E-state index contributed by atoms with van der Waals surface area (Å²) in [6.07, 6.45) is 2.73. The number of ether oxygens (including phenoxy) is 4. The molecule has 0 unspecified atom stereocenters. The minimum absolute atomic E-state index is 0.0585. The molecule has 0 aliphatic carbocycles. The number of furan rings is 1. The molecule has 2 amide bonds. The molecule has 0 radical (unpaired) electrons. The van der Waals surface area contributed by atoms with E-state index in [4.69, 9.17) is 23.4 Å². The zero-order valence-electron chi connectivity index (χ0n) is 21.8. The Morgan fingerprint density at radius 3 is 2.10 bits per heavy atom.